The topological polar surface area (TPSA) is 91.3 Å². The number of nitrogens with zero attached hydrogens (tertiary/aromatic N) is 1. The van der Waals surface area contributed by atoms with Crippen molar-refractivity contribution in [1.82, 2.24) is 10.3 Å². The molecule has 1 amide bonds. The maximum atomic E-state index is 14.9. The van der Waals surface area contributed by atoms with Gasteiger partial charge in [-0.25, -0.2) is 9.37 Å². The molecule has 2 rings (SSSR count). The van der Waals surface area contributed by atoms with Crippen LogP contribution in [-0.2, 0) is 21.4 Å². The molecular weight excluding hydrogens is 390 g/mol. The summed E-state index contributed by atoms with van der Waals surface area (Å²) < 4.78 is 52.7. The molecule has 146 valence electrons. The molecule has 6 nitrogen and oxygen atoms in total. The van der Waals surface area contributed by atoms with Gasteiger partial charge in [0.25, 0.3) is 5.91 Å². The Morgan fingerprint density at radius 3 is 2.48 bits per heavy atom. The van der Waals surface area contributed by atoms with Gasteiger partial charge in [0.2, 0.25) is 5.67 Å². The van der Waals surface area contributed by atoms with E-state index in [0.717, 1.165) is 23.6 Å². The number of nitrogens with one attached hydrogen (secondary N) is 2. The fraction of sp³-hybridized carbons (Fsp3) is 0.312. The number of halogens is 4. The van der Waals surface area contributed by atoms with E-state index in [1.54, 1.807) is 0 Å². The monoisotopic (exact) mass is 405 g/mol. The Hall–Kier alpha value is -2.69. The van der Waals surface area contributed by atoms with Crippen LogP contribution in [0.25, 0.3) is 0 Å². The van der Waals surface area contributed by atoms with Crippen molar-refractivity contribution in [3.8, 4) is 0 Å². The van der Waals surface area contributed by atoms with Gasteiger partial charge in [-0.2, -0.15) is 13.2 Å². The highest BCUT2D eigenvalue weighted by atomic mass is 32.1. The van der Waals surface area contributed by atoms with Gasteiger partial charge in [0.15, 0.2) is 10.8 Å². The Labute approximate surface area is 155 Å². The molecule has 0 saturated heterocycles. The molecule has 0 spiro atoms. The molecule has 3 N–H and O–H groups in total. The number of carbonyl (C=O) groups excluding carboxylic acids is 1. The maximum absolute atomic E-state index is 14.9. The average Bonchev–Trinajstić information content (AvgIpc) is 3.03. The smallest absolute Gasteiger partial charge is 0.434 e. The van der Waals surface area contributed by atoms with Crippen molar-refractivity contribution < 1.29 is 32.3 Å². The second-order valence-corrected chi connectivity index (χ2v) is 6.64. The van der Waals surface area contributed by atoms with E-state index in [0.29, 0.717) is 0 Å². The van der Waals surface area contributed by atoms with Crippen LogP contribution in [0.1, 0.15) is 25.1 Å². The van der Waals surface area contributed by atoms with Crippen LogP contribution in [0.5, 0.6) is 0 Å². The van der Waals surface area contributed by atoms with Crippen molar-refractivity contribution in [2.75, 3.05) is 5.32 Å². The third-order valence-electron chi connectivity index (χ3n) is 3.60. The number of anilines is 2. The summed E-state index contributed by atoms with van der Waals surface area (Å²) in [7, 11) is 0. The third kappa shape index (κ3) is 4.94. The lowest BCUT2D eigenvalue weighted by Gasteiger charge is -2.22. The predicted molar refractivity (Wildman–Crippen MR) is 90.5 cm³/mol. The molecular formula is C16H15F4N3O3S. The fourth-order valence-electron chi connectivity index (χ4n) is 2.00. The zero-order valence-electron chi connectivity index (χ0n) is 14.1. The number of carbonyl (C=O) groups is 2. The van der Waals surface area contributed by atoms with Crippen LogP contribution < -0.4 is 10.6 Å². The van der Waals surface area contributed by atoms with E-state index >= 15 is 0 Å². The zero-order valence-corrected chi connectivity index (χ0v) is 14.9. The van der Waals surface area contributed by atoms with Crippen LogP contribution in [-0.4, -0.2) is 28.0 Å². The minimum absolute atomic E-state index is 0.0519. The lowest BCUT2D eigenvalue weighted by molar-refractivity contribution is -0.143. The van der Waals surface area contributed by atoms with Crippen LogP contribution in [0.2, 0.25) is 0 Å². The number of benzene rings is 1. The molecule has 0 radical (unpaired) electrons. The van der Waals surface area contributed by atoms with Gasteiger partial charge in [-0.1, -0.05) is 12.1 Å². The Morgan fingerprint density at radius 2 is 1.93 bits per heavy atom. The minimum Gasteiger partial charge on any atom is -0.480 e. The van der Waals surface area contributed by atoms with Crippen molar-refractivity contribution in [1.29, 1.82) is 0 Å². The van der Waals surface area contributed by atoms with Gasteiger partial charge in [0.05, 0.1) is 0 Å². The molecule has 1 aromatic carbocycles. The molecule has 0 aliphatic rings. The Bertz CT molecular complexity index is 851. The van der Waals surface area contributed by atoms with Crippen LogP contribution in [0.15, 0.2) is 29.6 Å². The van der Waals surface area contributed by atoms with Crippen molar-refractivity contribution in [2.24, 2.45) is 0 Å². The molecule has 0 saturated carbocycles. The summed E-state index contributed by atoms with van der Waals surface area (Å²) >= 11 is 0.722. The van der Waals surface area contributed by atoms with Crippen LogP contribution in [0.3, 0.4) is 0 Å². The van der Waals surface area contributed by atoms with Gasteiger partial charge in [-0.05, 0) is 26.0 Å². The van der Waals surface area contributed by atoms with Gasteiger partial charge in [0.1, 0.15) is 6.04 Å². The van der Waals surface area contributed by atoms with Gasteiger partial charge in [0, 0.05) is 16.6 Å². The first-order chi connectivity index (χ1) is 12.4. The number of carboxylic acids is 1. The lowest BCUT2D eigenvalue weighted by atomic mass is 9.96. The molecule has 0 bridgehead atoms. The number of carboxylic acid groups (broad SMARTS) is 1. The Kier molecular flexibility index (Phi) is 5.73. The molecule has 0 aliphatic heterocycles. The number of thiazole rings is 1. The van der Waals surface area contributed by atoms with E-state index in [-0.39, 0.29) is 16.4 Å². The number of alkyl halides is 4. The molecule has 2 aromatic rings. The first-order valence-corrected chi connectivity index (χ1v) is 8.42. The highest BCUT2D eigenvalue weighted by Gasteiger charge is 2.37. The van der Waals surface area contributed by atoms with Crippen molar-refractivity contribution in [3.05, 3.63) is 40.9 Å². The van der Waals surface area contributed by atoms with Crippen LogP contribution in [0.4, 0.5) is 28.4 Å². The minimum atomic E-state index is -4.57. The Morgan fingerprint density at radius 1 is 1.26 bits per heavy atom. The van der Waals surface area contributed by atoms with Gasteiger partial charge < -0.3 is 15.7 Å². The molecule has 1 heterocycles. The second kappa shape index (κ2) is 7.51. The standard InChI is InChI=1S/C16H15F4N3O3S/c1-8(12(24)25)21-13(26)15(2,17)9-4-3-5-10(6-9)22-14-23-11(7-27-14)16(18,19)20/h3-8H,1-2H3,(H,21,26)(H,22,23)(H,24,25). The zero-order chi connectivity index (χ0) is 20.4. The quantitative estimate of drug-likeness (QED) is 0.638. The van der Waals surface area contributed by atoms with Gasteiger partial charge >= 0.3 is 12.1 Å². The highest BCUT2D eigenvalue weighted by molar-refractivity contribution is 7.13. The first-order valence-electron chi connectivity index (χ1n) is 7.54. The lowest BCUT2D eigenvalue weighted by Crippen LogP contribution is -2.46. The summed E-state index contributed by atoms with van der Waals surface area (Å²) in [5, 5.41) is 14.2. The highest BCUT2D eigenvalue weighted by Crippen LogP contribution is 2.33. The Balaban J connectivity index is 2.19. The summed E-state index contributed by atoms with van der Waals surface area (Å²) in [6.07, 6.45) is -4.57. The number of aliphatic carboxylic acids is 1. The third-order valence-corrected chi connectivity index (χ3v) is 4.35. The largest absolute Gasteiger partial charge is 0.480 e. The predicted octanol–water partition coefficient (Wildman–Crippen LogP) is 3.68. The molecule has 27 heavy (non-hydrogen) atoms. The SMILES string of the molecule is CC(NC(=O)C(C)(F)c1cccc(Nc2nc(C(F)(F)F)cs2)c1)C(=O)O. The number of amides is 1. The normalized spacial score (nSPS) is 14.9. The van der Waals surface area contributed by atoms with Crippen LogP contribution in [0, 0.1) is 0 Å². The van der Waals surface area contributed by atoms with E-state index in [2.05, 4.69) is 10.3 Å². The van der Waals surface area contributed by atoms with Crippen molar-refractivity contribution >= 4 is 34.0 Å². The van der Waals surface area contributed by atoms with E-state index in [4.69, 9.17) is 5.11 Å². The van der Waals surface area contributed by atoms with Gasteiger partial charge in [-0.3, -0.25) is 9.59 Å². The number of hydrogen-bond donors (Lipinski definition) is 3. The second-order valence-electron chi connectivity index (χ2n) is 5.78. The van der Waals surface area contributed by atoms with E-state index in [1.807, 2.05) is 5.32 Å². The summed E-state index contributed by atoms with van der Waals surface area (Å²) in [5.74, 6) is -2.47. The van der Waals surface area contributed by atoms with E-state index < -0.39 is 35.5 Å². The van der Waals surface area contributed by atoms with E-state index in [1.165, 1.54) is 31.2 Å². The molecule has 11 heteroatoms. The number of rotatable bonds is 6. The van der Waals surface area contributed by atoms with Crippen molar-refractivity contribution in [2.45, 2.75) is 31.7 Å². The number of hydrogen-bond acceptors (Lipinski definition) is 5. The molecule has 2 atom stereocenters. The maximum Gasteiger partial charge on any atom is 0.434 e. The summed E-state index contributed by atoms with van der Waals surface area (Å²) in [6, 6.07) is 4.12. The van der Waals surface area contributed by atoms with Crippen LogP contribution >= 0.6 is 11.3 Å². The first kappa shape index (κ1) is 20.6. The molecule has 0 aliphatic carbocycles. The summed E-state index contributed by atoms with van der Waals surface area (Å²) in [6.45, 7) is 2.15. The molecule has 2 unspecified atom stereocenters. The fourth-order valence-corrected chi connectivity index (χ4v) is 2.74. The number of aromatic nitrogens is 1. The van der Waals surface area contributed by atoms with Gasteiger partial charge in [-0.15, -0.1) is 11.3 Å². The summed E-state index contributed by atoms with van der Waals surface area (Å²) in [5.41, 5.74) is -3.49. The van der Waals surface area contributed by atoms with E-state index in [9.17, 15) is 27.2 Å². The average molecular weight is 405 g/mol. The molecule has 1 aromatic heterocycles. The molecule has 0 fully saturated rings. The van der Waals surface area contributed by atoms with Crippen molar-refractivity contribution in [3.63, 3.8) is 0 Å². The summed E-state index contributed by atoms with van der Waals surface area (Å²) in [4.78, 5) is 26.3.